The average molecular weight is 226 g/mol. The van der Waals surface area contributed by atoms with Crippen LogP contribution in [0.1, 0.15) is 46.0 Å². The van der Waals surface area contributed by atoms with Gasteiger partial charge in [-0.05, 0) is 52.5 Å². The molecule has 0 aromatic carbocycles. The van der Waals surface area contributed by atoms with Crippen molar-refractivity contribution >= 4 is 0 Å². The molecule has 2 rings (SSSR count). The predicted molar refractivity (Wildman–Crippen MR) is 66.5 cm³/mol. The van der Waals surface area contributed by atoms with Gasteiger partial charge in [-0.3, -0.25) is 4.90 Å². The number of hydrogen-bond donors (Lipinski definition) is 2. The Hall–Kier alpha value is -0.120. The van der Waals surface area contributed by atoms with E-state index in [0.29, 0.717) is 18.1 Å². The van der Waals surface area contributed by atoms with Gasteiger partial charge in [-0.15, -0.1) is 0 Å². The fraction of sp³-hybridized carbons (Fsp3) is 1.00. The van der Waals surface area contributed by atoms with E-state index in [1.165, 1.54) is 32.2 Å². The molecule has 0 radical (unpaired) electrons. The quantitative estimate of drug-likeness (QED) is 0.760. The lowest BCUT2D eigenvalue weighted by molar-refractivity contribution is 0.0466. The van der Waals surface area contributed by atoms with Crippen molar-refractivity contribution in [1.29, 1.82) is 0 Å². The number of rotatable bonds is 4. The maximum atomic E-state index is 10.0. The molecule has 94 valence electrons. The van der Waals surface area contributed by atoms with E-state index in [1.54, 1.807) is 0 Å². The third kappa shape index (κ3) is 2.76. The molecule has 16 heavy (non-hydrogen) atoms. The molecule has 0 bridgehead atoms. The molecule has 2 N–H and O–H groups in total. The Kier molecular flexibility index (Phi) is 4.22. The van der Waals surface area contributed by atoms with E-state index in [2.05, 4.69) is 24.1 Å². The zero-order chi connectivity index (χ0) is 11.5. The fourth-order valence-corrected chi connectivity index (χ4v) is 3.20. The fourth-order valence-electron chi connectivity index (χ4n) is 3.20. The van der Waals surface area contributed by atoms with Crippen molar-refractivity contribution in [2.45, 2.75) is 70.2 Å². The van der Waals surface area contributed by atoms with E-state index in [-0.39, 0.29) is 6.10 Å². The highest BCUT2D eigenvalue weighted by Crippen LogP contribution is 2.26. The highest BCUT2D eigenvalue weighted by Gasteiger charge is 2.33. The molecule has 3 unspecified atom stereocenters. The second kappa shape index (κ2) is 5.48. The first-order chi connectivity index (χ1) is 7.68. The molecule has 1 aliphatic heterocycles. The van der Waals surface area contributed by atoms with Crippen LogP contribution in [0.5, 0.6) is 0 Å². The van der Waals surface area contributed by atoms with Crippen LogP contribution in [-0.4, -0.2) is 47.3 Å². The summed E-state index contributed by atoms with van der Waals surface area (Å²) in [7, 11) is 0. The van der Waals surface area contributed by atoms with Gasteiger partial charge in [0.05, 0.1) is 6.10 Å². The summed E-state index contributed by atoms with van der Waals surface area (Å²) >= 11 is 0. The van der Waals surface area contributed by atoms with E-state index in [9.17, 15) is 5.11 Å². The lowest BCUT2D eigenvalue weighted by Gasteiger charge is -2.36. The van der Waals surface area contributed by atoms with Gasteiger partial charge in [0, 0.05) is 24.7 Å². The first-order valence-corrected chi connectivity index (χ1v) is 6.85. The second-order valence-corrected chi connectivity index (χ2v) is 5.65. The Morgan fingerprint density at radius 2 is 2.06 bits per heavy atom. The topological polar surface area (TPSA) is 35.5 Å². The van der Waals surface area contributed by atoms with Gasteiger partial charge in [0.25, 0.3) is 0 Å². The lowest BCUT2D eigenvalue weighted by atomic mass is 10.1. The second-order valence-electron chi connectivity index (χ2n) is 5.65. The molecule has 1 aliphatic carbocycles. The highest BCUT2D eigenvalue weighted by atomic mass is 16.3. The van der Waals surface area contributed by atoms with Crippen molar-refractivity contribution in [3.63, 3.8) is 0 Å². The zero-order valence-electron chi connectivity index (χ0n) is 10.7. The Balaban J connectivity index is 1.93. The number of aliphatic hydroxyl groups is 1. The molecule has 2 fully saturated rings. The largest absolute Gasteiger partial charge is 0.391 e. The summed E-state index contributed by atoms with van der Waals surface area (Å²) in [5.41, 5.74) is 0. The summed E-state index contributed by atoms with van der Waals surface area (Å²) in [4.78, 5) is 2.51. The number of hydrogen-bond acceptors (Lipinski definition) is 3. The molecule has 0 aromatic heterocycles. The van der Waals surface area contributed by atoms with Crippen molar-refractivity contribution in [2.24, 2.45) is 0 Å². The molecule has 1 saturated carbocycles. The maximum absolute atomic E-state index is 10.0. The molecule has 3 nitrogen and oxygen atoms in total. The monoisotopic (exact) mass is 226 g/mol. The predicted octanol–water partition coefficient (Wildman–Crippen LogP) is 1.36. The van der Waals surface area contributed by atoms with Crippen molar-refractivity contribution < 1.29 is 5.11 Å². The molecular formula is C13H26N2O. The summed E-state index contributed by atoms with van der Waals surface area (Å²) in [6.45, 7) is 6.78. The minimum absolute atomic E-state index is 0.0937. The average Bonchev–Trinajstić information content (AvgIpc) is 2.85. The summed E-state index contributed by atoms with van der Waals surface area (Å²) in [5.74, 6) is 0. The van der Waals surface area contributed by atoms with Crippen LogP contribution in [-0.2, 0) is 0 Å². The van der Waals surface area contributed by atoms with Crippen LogP contribution in [0, 0.1) is 0 Å². The Bertz CT molecular complexity index is 214. The van der Waals surface area contributed by atoms with Gasteiger partial charge in [0.1, 0.15) is 0 Å². The van der Waals surface area contributed by atoms with Gasteiger partial charge >= 0.3 is 0 Å². The number of nitrogens with one attached hydrogen (secondary N) is 1. The standard InChI is InChI=1S/C13H26N2O/c1-10(2)15(9-11-5-4-8-14-11)12-6-3-7-13(12)16/h10-14,16H,3-9H2,1-2H3. The summed E-state index contributed by atoms with van der Waals surface area (Å²) < 4.78 is 0. The molecule has 0 amide bonds. The van der Waals surface area contributed by atoms with E-state index < -0.39 is 0 Å². The summed E-state index contributed by atoms with van der Waals surface area (Å²) in [5, 5.41) is 13.6. The minimum atomic E-state index is -0.0937. The van der Waals surface area contributed by atoms with Crippen LogP contribution in [0.3, 0.4) is 0 Å². The van der Waals surface area contributed by atoms with Crippen LogP contribution >= 0.6 is 0 Å². The number of nitrogens with zero attached hydrogens (tertiary/aromatic N) is 1. The van der Waals surface area contributed by atoms with Gasteiger partial charge in [0.15, 0.2) is 0 Å². The summed E-state index contributed by atoms with van der Waals surface area (Å²) in [6.07, 6.45) is 5.87. The van der Waals surface area contributed by atoms with Gasteiger partial charge < -0.3 is 10.4 Å². The first kappa shape index (κ1) is 12.3. The van der Waals surface area contributed by atoms with Crippen molar-refractivity contribution in [2.75, 3.05) is 13.1 Å². The minimum Gasteiger partial charge on any atom is -0.391 e. The lowest BCUT2D eigenvalue weighted by Crippen LogP contribution is -2.49. The zero-order valence-corrected chi connectivity index (χ0v) is 10.7. The molecule has 1 saturated heterocycles. The number of aliphatic hydroxyl groups excluding tert-OH is 1. The SMILES string of the molecule is CC(C)N(CC1CCCN1)C1CCCC1O. The van der Waals surface area contributed by atoms with E-state index in [1.807, 2.05) is 0 Å². The van der Waals surface area contributed by atoms with E-state index in [4.69, 9.17) is 0 Å². The van der Waals surface area contributed by atoms with Crippen LogP contribution < -0.4 is 5.32 Å². The van der Waals surface area contributed by atoms with Crippen LogP contribution in [0.2, 0.25) is 0 Å². The summed E-state index contributed by atoms with van der Waals surface area (Å²) in [6, 6.07) is 1.60. The Morgan fingerprint density at radius 3 is 2.56 bits per heavy atom. The van der Waals surface area contributed by atoms with Crippen LogP contribution in [0.25, 0.3) is 0 Å². The molecule has 0 spiro atoms. The third-order valence-corrected chi connectivity index (χ3v) is 4.13. The molecule has 3 atom stereocenters. The molecular weight excluding hydrogens is 200 g/mol. The van der Waals surface area contributed by atoms with Crippen molar-refractivity contribution in [1.82, 2.24) is 10.2 Å². The highest BCUT2D eigenvalue weighted by molar-refractivity contribution is 4.89. The molecule has 1 heterocycles. The van der Waals surface area contributed by atoms with Gasteiger partial charge in [-0.1, -0.05) is 0 Å². The van der Waals surface area contributed by atoms with Crippen molar-refractivity contribution in [3.05, 3.63) is 0 Å². The van der Waals surface area contributed by atoms with Gasteiger partial charge in [0.2, 0.25) is 0 Å². The van der Waals surface area contributed by atoms with Crippen molar-refractivity contribution in [3.8, 4) is 0 Å². The van der Waals surface area contributed by atoms with Gasteiger partial charge in [-0.25, -0.2) is 0 Å². The normalized spacial score (nSPS) is 35.4. The maximum Gasteiger partial charge on any atom is 0.0695 e. The molecule has 3 heteroatoms. The Labute approximate surface area is 99.2 Å². The van der Waals surface area contributed by atoms with E-state index in [0.717, 1.165) is 13.0 Å². The van der Waals surface area contributed by atoms with E-state index >= 15 is 0 Å². The van der Waals surface area contributed by atoms with Crippen LogP contribution in [0.4, 0.5) is 0 Å². The Morgan fingerprint density at radius 1 is 1.25 bits per heavy atom. The van der Waals surface area contributed by atoms with Crippen LogP contribution in [0.15, 0.2) is 0 Å². The third-order valence-electron chi connectivity index (χ3n) is 4.13. The van der Waals surface area contributed by atoms with Gasteiger partial charge in [-0.2, -0.15) is 0 Å². The first-order valence-electron chi connectivity index (χ1n) is 6.85. The smallest absolute Gasteiger partial charge is 0.0695 e. The molecule has 0 aromatic rings. The molecule has 2 aliphatic rings.